The van der Waals surface area contributed by atoms with Crippen molar-refractivity contribution in [1.82, 2.24) is 9.97 Å². The molecular weight excluding hydrogens is 745 g/mol. The molecule has 1 N–H and O–H groups in total. The molecule has 0 aliphatic rings. The van der Waals surface area contributed by atoms with Gasteiger partial charge in [-0.15, -0.1) is 35.4 Å². The third kappa shape index (κ3) is 8.00. The van der Waals surface area contributed by atoms with Gasteiger partial charge >= 0.3 is 0 Å². The molecule has 46 heavy (non-hydrogen) atoms. The van der Waals surface area contributed by atoms with Crippen LogP contribution in [0.15, 0.2) is 97.0 Å². The van der Waals surface area contributed by atoms with Gasteiger partial charge in [0.15, 0.2) is 5.78 Å². The number of nitrogens with zero attached hydrogens (tertiary/aromatic N) is 2. The molecular formula is C41H47IrN2O2-. The van der Waals surface area contributed by atoms with Crippen LogP contribution in [0.4, 0.5) is 0 Å². The van der Waals surface area contributed by atoms with Crippen LogP contribution >= 0.6 is 0 Å². The first kappa shape index (κ1) is 36.8. The van der Waals surface area contributed by atoms with Crippen LogP contribution in [0, 0.1) is 23.8 Å². The Morgan fingerprint density at radius 2 is 1.48 bits per heavy atom. The number of ketones is 1. The Kier molecular flexibility index (Phi) is 11.9. The van der Waals surface area contributed by atoms with Gasteiger partial charge in [-0.2, -0.15) is 0 Å². The maximum absolute atomic E-state index is 11.9. The van der Waals surface area contributed by atoms with Crippen LogP contribution in [0.2, 0.25) is 0 Å². The average Bonchev–Trinajstić information content (AvgIpc) is 3.04. The number of hydrogen-bond acceptors (Lipinski definition) is 4. The molecule has 0 aliphatic heterocycles. The summed E-state index contributed by atoms with van der Waals surface area (Å²) in [7, 11) is 0. The van der Waals surface area contributed by atoms with Crippen LogP contribution in [-0.2, 0) is 30.3 Å². The first-order valence-corrected chi connectivity index (χ1v) is 15.9. The Labute approximate surface area is 288 Å². The number of aromatic nitrogens is 2. The molecule has 0 atom stereocenters. The van der Waals surface area contributed by atoms with Gasteiger partial charge in [-0.1, -0.05) is 122 Å². The van der Waals surface area contributed by atoms with Gasteiger partial charge in [-0.3, -0.25) is 9.78 Å². The van der Waals surface area contributed by atoms with Crippen molar-refractivity contribution in [3.63, 3.8) is 0 Å². The van der Waals surface area contributed by atoms with Gasteiger partial charge in [0, 0.05) is 42.4 Å². The quantitative estimate of drug-likeness (QED) is 0.0772. The fourth-order valence-electron chi connectivity index (χ4n) is 5.32. The van der Waals surface area contributed by atoms with Crippen LogP contribution in [0.5, 0.6) is 0 Å². The maximum atomic E-state index is 11.9. The summed E-state index contributed by atoms with van der Waals surface area (Å²) in [5.74, 6) is 0.195. The zero-order valence-corrected chi connectivity index (χ0v) is 31.1. The predicted octanol–water partition coefficient (Wildman–Crippen LogP) is 10.8. The van der Waals surface area contributed by atoms with Gasteiger partial charge in [0.1, 0.15) is 12.1 Å². The van der Waals surface area contributed by atoms with Crippen molar-refractivity contribution in [2.75, 3.05) is 0 Å². The number of benzene rings is 4. The summed E-state index contributed by atoms with van der Waals surface area (Å²) in [6, 6.07) is 31.2. The van der Waals surface area contributed by atoms with E-state index in [1.54, 1.807) is 6.33 Å². The topological polar surface area (TPSA) is 63.1 Å². The standard InChI is InChI=1S/C28H23N2.C13H24O2.Ir/c1-19-12-14-24-20(16-19)13-15-25-26(29-18-30-27(24)25)21-8-7-11-23(17-21)28(2,3)22-9-5-4-6-10-22;1-7-13(6,8-2)11(15)9-10(14)12(3,4)5;/h4-7,9-18H,1-3H3;9,14H,7-8H2,1-6H3;/q-1;;/b;10-9-;. The van der Waals surface area contributed by atoms with Gasteiger partial charge in [0.25, 0.3) is 0 Å². The number of aliphatic hydroxyl groups excluding tert-OH is 1. The zero-order valence-electron chi connectivity index (χ0n) is 28.7. The van der Waals surface area contributed by atoms with Crippen LogP contribution in [0.3, 0.4) is 0 Å². The fraction of sp³-hybridized carbons (Fsp3) is 0.341. The molecule has 0 unspecified atom stereocenters. The molecule has 1 heterocycles. The van der Waals surface area contributed by atoms with Crippen molar-refractivity contribution in [2.24, 2.45) is 10.8 Å². The third-order valence-corrected chi connectivity index (χ3v) is 9.24. The minimum Gasteiger partial charge on any atom is -0.512 e. The van der Waals surface area contributed by atoms with Crippen molar-refractivity contribution in [3.05, 3.63) is 120 Å². The number of rotatable bonds is 7. The smallest absolute Gasteiger partial charge is 0.164 e. The van der Waals surface area contributed by atoms with E-state index in [0.717, 1.165) is 40.4 Å². The van der Waals surface area contributed by atoms with Crippen molar-refractivity contribution >= 4 is 27.5 Å². The van der Waals surface area contributed by atoms with Gasteiger partial charge in [-0.25, -0.2) is 4.98 Å². The predicted molar refractivity (Wildman–Crippen MR) is 188 cm³/mol. The van der Waals surface area contributed by atoms with Crippen LogP contribution < -0.4 is 0 Å². The minimum atomic E-state index is -0.349. The molecule has 0 amide bonds. The van der Waals surface area contributed by atoms with Crippen molar-refractivity contribution in [1.29, 1.82) is 0 Å². The van der Waals surface area contributed by atoms with Gasteiger partial charge in [-0.05, 0) is 47.2 Å². The molecule has 0 fully saturated rings. The molecule has 0 bridgehead atoms. The molecule has 5 aromatic rings. The molecule has 1 aromatic heterocycles. The van der Waals surface area contributed by atoms with E-state index in [9.17, 15) is 9.90 Å². The third-order valence-electron chi connectivity index (χ3n) is 9.24. The van der Waals surface area contributed by atoms with Gasteiger partial charge in [0.2, 0.25) is 0 Å². The van der Waals surface area contributed by atoms with E-state index in [2.05, 4.69) is 110 Å². The van der Waals surface area contributed by atoms with Crippen molar-refractivity contribution in [2.45, 2.75) is 80.6 Å². The molecule has 0 saturated carbocycles. The second-order valence-corrected chi connectivity index (χ2v) is 13.8. The molecule has 5 rings (SSSR count). The fourth-order valence-corrected chi connectivity index (χ4v) is 5.32. The van der Waals surface area contributed by atoms with E-state index in [4.69, 9.17) is 0 Å². The molecule has 0 spiro atoms. The Morgan fingerprint density at radius 1 is 0.826 bits per heavy atom. The summed E-state index contributed by atoms with van der Waals surface area (Å²) in [6.45, 7) is 18.3. The first-order chi connectivity index (χ1) is 21.2. The van der Waals surface area contributed by atoms with E-state index < -0.39 is 0 Å². The molecule has 1 radical (unpaired) electrons. The number of aliphatic hydroxyl groups is 1. The van der Waals surface area contributed by atoms with E-state index in [0.29, 0.717) is 0 Å². The van der Waals surface area contributed by atoms with Gasteiger partial charge in [0.05, 0.1) is 5.52 Å². The maximum Gasteiger partial charge on any atom is 0.164 e. The SMILES string of the molecule is CCC(C)(CC)C(=O)/C=C(\O)C(C)(C)C.Cc1ccc2c(ccc3c(-c4[c-]ccc(C(C)(C)c5ccccc5)c4)ncnc32)c1.[Ir]. The largest absolute Gasteiger partial charge is 0.512 e. The second kappa shape index (κ2) is 14.8. The second-order valence-electron chi connectivity index (χ2n) is 13.8. The molecule has 5 heteroatoms. The van der Waals surface area contributed by atoms with E-state index in [1.165, 1.54) is 28.2 Å². The normalized spacial score (nSPS) is 12.3. The first-order valence-electron chi connectivity index (χ1n) is 15.9. The summed E-state index contributed by atoms with van der Waals surface area (Å²) in [5.41, 5.74) is 5.89. The van der Waals surface area contributed by atoms with Gasteiger partial charge < -0.3 is 5.11 Å². The number of aryl methyl sites for hydroxylation is 1. The van der Waals surface area contributed by atoms with E-state index >= 15 is 0 Å². The number of hydrogen-bond donors (Lipinski definition) is 1. The summed E-state index contributed by atoms with van der Waals surface area (Å²) in [5, 5.41) is 13.2. The molecule has 0 saturated heterocycles. The minimum absolute atomic E-state index is 0. The Balaban J connectivity index is 0.000000309. The number of allylic oxidation sites excluding steroid dienone is 2. The van der Waals surface area contributed by atoms with Crippen LogP contribution in [0.25, 0.3) is 32.9 Å². The van der Waals surface area contributed by atoms with Crippen LogP contribution in [-0.4, -0.2) is 20.9 Å². The monoisotopic (exact) mass is 792 g/mol. The Bertz CT molecular complexity index is 1830. The summed E-state index contributed by atoms with van der Waals surface area (Å²) in [4.78, 5) is 21.2. The summed E-state index contributed by atoms with van der Waals surface area (Å²) >= 11 is 0. The van der Waals surface area contributed by atoms with Crippen molar-refractivity contribution < 1.29 is 30.0 Å². The van der Waals surface area contributed by atoms with E-state index in [-0.39, 0.29) is 47.9 Å². The Morgan fingerprint density at radius 3 is 2.11 bits per heavy atom. The number of carbonyl (C=O) groups is 1. The van der Waals surface area contributed by atoms with Crippen molar-refractivity contribution in [3.8, 4) is 11.3 Å². The Hall–Kier alpha value is -3.66. The average molecular weight is 792 g/mol. The summed E-state index contributed by atoms with van der Waals surface area (Å²) < 4.78 is 0. The number of carbonyl (C=O) groups excluding carboxylic acids is 1. The van der Waals surface area contributed by atoms with Crippen LogP contribution in [0.1, 0.15) is 84.9 Å². The van der Waals surface area contributed by atoms with E-state index in [1.807, 2.05) is 47.6 Å². The molecule has 4 aromatic carbocycles. The molecule has 4 nitrogen and oxygen atoms in total. The zero-order chi connectivity index (χ0) is 33.0. The molecule has 0 aliphatic carbocycles. The number of fused-ring (bicyclic) bond motifs is 3. The molecule has 243 valence electrons. The summed E-state index contributed by atoms with van der Waals surface area (Å²) in [6.07, 6.45) is 4.67.